The van der Waals surface area contributed by atoms with Gasteiger partial charge in [-0.3, -0.25) is 19.4 Å². The zero-order chi connectivity index (χ0) is 23.9. The smallest absolute Gasteiger partial charge is 0.305 e. The van der Waals surface area contributed by atoms with Crippen molar-refractivity contribution in [3.05, 3.63) is 26.6 Å². The van der Waals surface area contributed by atoms with E-state index in [2.05, 4.69) is 14.8 Å². The van der Waals surface area contributed by atoms with Crippen LogP contribution in [0.4, 0.5) is 0 Å². The molecular formula is C24H36N4O5S. The molecule has 1 unspecified atom stereocenters. The number of carbonyl (C=O) groups is 1. The van der Waals surface area contributed by atoms with Gasteiger partial charge < -0.3 is 19.6 Å². The number of H-pyrrole nitrogens is 1. The molecule has 1 fully saturated rings. The maximum absolute atomic E-state index is 12.9. The van der Waals surface area contributed by atoms with Crippen LogP contribution in [0.25, 0.3) is 10.2 Å². The highest BCUT2D eigenvalue weighted by atomic mass is 32.1. The average Bonchev–Trinajstić information content (AvgIpc) is 3.21. The van der Waals surface area contributed by atoms with Gasteiger partial charge in [0.1, 0.15) is 23.4 Å². The SMILES string of the molecule is CCCC(=O)OCC(O)CN(CCN1CCOCC1)Cc1nc2sc3c(c2c(=O)[nH]1)CCCC3. The minimum Gasteiger partial charge on any atom is -0.463 e. The van der Waals surface area contributed by atoms with Crippen molar-refractivity contribution in [1.82, 2.24) is 19.8 Å². The van der Waals surface area contributed by atoms with Crippen LogP contribution in [0, 0.1) is 0 Å². The highest BCUT2D eigenvalue weighted by Crippen LogP contribution is 2.33. The van der Waals surface area contributed by atoms with Crippen LogP contribution in [0.2, 0.25) is 0 Å². The Kier molecular flexibility index (Phi) is 9.07. The number of nitrogens with zero attached hydrogens (tertiary/aromatic N) is 3. The lowest BCUT2D eigenvalue weighted by molar-refractivity contribution is -0.147. The number of carbonyl (C=O) groups excluding carboxylic acids is 1. The molecule has 0 spiro atoms. The van der Waals surface area contributed by atoms with Gasteiger partial charge in [-0.15, -0.1) is 11.3 Å². The van der Waals surface area contributed by atoms with Gasteiger partial charge >= 0.3 is 5.97 Å². The Morgan fingerprint density at radius 1 is 1.32 bits per heavy atom. The summed E-state index contributed by atoms with van der Waals surface area (Å²) in [5.41, 5.74) is 1.11. The molecule has 0 aromatic carbocycles. The predicted molar refractivity (Wildman–Crippen MR) is 131 cm³/mol. The van der Waals surface area contributed by atoms with Gasteiger partial charge in [-0.25, -0.2) is 4.98 Å². The maximum atomic E-state index is 12.9. The van der Waals surface area contributed by atoms with Crippen LogP contribution in [0.15, 0.2) is 4.79 Å². The largest absolute Gasteiger partial charge is 0.463 e. The second-order valence-corrected chi connectivity index (χ2v) is 10.3. The number of rotatable bonds is 11. The number of ether oxygens (including phenoxy) is 2. The highest BCUT2D eigenvalue weighted by molar-refractivity contribution is 7.18. The Balaban J connectivity index is 1.45. The van der Waals surface area contributed by atoms with Crippen molar-refractivity contribution >= 4 is 27.5 Å². The van der Waals surface area contributed by atoms with Gasteiger partial charge in [0.25, 0.3) is 5.56 Å². The third-order valence-electron chi connectivity index (χ3n) is 6.44. The van der Waals surface area contributed by atoms with Gasteiger partial charge in [-0.05, 0) is 37.7 Å². The Labute approximate surface area is 204 Å². The Morgan fingerprint density at radius 3 is 2.91 bits per heavy atom. The molecule has 0 radical (unpaired) electrons. The fourth-order valence-electron chi connectivity index (χ4n) is 4.65. The van der Waals surface area contributed by atoms with E-state index in [0.717, 1.165) is 62.3 Å². The summed E-state index contributed by atoms with van der Waals surface area (Å²) >= 11 is 1.64. The second kappa shape index (κ2) is 12.2. The van der Waals surface area contributed by atoms with Crippen LogP contribution >= 0.6 is 11.3 Å². The van der Waals surface area contributed by atoms with Crippen molar-refractivity contribution in [3.63, 3.8) is 0 Å². The summed E-state index contributed by atoms with van der Waals surface area (Å²) in [6.07, 6.45) is 4.53. The van der Waals surface area contributed by atoms with Gasteiger partial charge in [0, 0.05) is 44.0 Å². The number of nitrogens with one attached hydrogen (secondary N) is 1. The number of hydrogen-bond donors (Lipinski definition) is 2. The summed E-state index contributed by atoms with van der Waals surface area (Å²) in [5.74, 6) is 0.313. The molecule has 4 rings (SSSR count). The molecule has 34 heavy (non-hydrogen) atoms. The lowest BCUT2D eigenvalue weighted by Gasteiger charge is -2.30. The average molecular weight is 493 g/mol. The van der Waals surface area contributed by atoms with Crippen LogP contribution in [0.5, 0.6) is 0 Å². The monoisotopic (exact) mass is 492 g/mol. The molecule has 2 aromatic rings. The van der Waals surface area contributed by atoms with Gasteiger partial charge in [-0.2, -0.15) is 0 Å². The van der Waals surface area contributed by atoms with E-state index in [9.17, 15) is 14.7 Å². The molecule has 2 aliphatic rings. The summed E-state index contributed by atoms with van der Waals surface area (Å²) in [5, 5.41) is 11.3. The number of aliphatic hydroxyl groups is 1. The van der Waals surface area contributed by atoms with Crippen molar-refractivity contribution in [1.29, 1.82) is 0 Å². The van der Waals surface area contributed by atoms with E-state index in [1.54, 1.807) is 11.3 Å². The first kappa shape index (κ1) is 25.2. The molecule has 0 amide bonds. The maximum Gasteiger partial charge on any atom is 0.305 e. The summed E-state index contributed by atoms with van der Waals surface area (Å²) in [4.78, 5) is 38.9. The summed E-state index contributed by atoms with van der Waals surface area (Å²) in [6, 6.07) is 0. The van der Waals surface area contributed by atoms with Crippen molar-refractivity contribution in [2.24, 2.45) is 0 Å². The molecule has 10 heteroatoms. The number of aryl methyl sites for hydroxylation is 2. The van der Waals surface area contributed by atoms with Crippen molar-refractivity contribution < 1.29 is 19.4 Å². The molecule has 2 N–H and O–H groups in total. The molecule has 9 nitrogen and oxygen atoms in total. The van der Waals surface area contributed by atoms with Crippen LogP contribution in [-0.4, -0.2) is 89.5 Å². The van der Waals surface area contributed by atoms with Crippen molar-refractivity contribution in [2.45, 2.75) is 58.1 Å². The molecule has 1 aliphatic heterocycles. The van der Waals surface area contributed by atoms with Gasteiger partial charge in [0.2, 0.25) is 0 Å². The Morgan fingerprint density at radius 2 is 2.12 bits per heavy atom. The lowest BCUT2D eigenvalue weighted by atomic mass is 9.97. The van der Waals surface area contributed by atoms with E-state index in [1.807, 2.05) is 6.92 Å². The van der Waals surface area contributed by atoms with E-state index in [1.165, 1.54) is 16.9 Å². The summed E-state index contributed by atoms with van der Waals surface area (Å²) in [7, 11) is 0. The number of esters is 1. The van der Waals surface area contributed by atoms with Gasteiger partial charge in [0.15, 0.2) is 0 Å². The van der Waals surface area contributed by atoms with E-state index >= 15 is 0 Å². The first-order valence-corrected chi connectivity index (χ1v) is 13.2. The van der Waals surface area contributed by atoms with Gasteiger partial charge in [0.05, 0.1) is 25.1 Å². The first-order valence-electron chi connectivity index (χ1n) is 12.4. The number of hydrogen-bond acceptors (Lipinski definition) is 9. The summed E-state index contributed by atoms with van der Waals surface area (Å²) in [6.45, 7) is 7.36. The van der Waals surface area contributed by atoms with Crippen LogP contribution < -0.4 is 5.56 Å². The highest BCUT2D eigenvalue weighted by Gasteiger charge is 2.22. The standard InChI is InChI=1S/C24H36N4O5S/c1-2-5-21(30)33-16-17(29)14-28(9-8-27-10-12-32-13-11-27)15-20-25-23(31)22-18-6-3-4-7-19(18)34-24(22)26-20/h17,29H,2-16H2,1H3,(H,25,26,31). The molecule has 1 atom stereocenters. The molecule has 1 saturated heterocycles. The second-order valence-electron chi connectivity index (χ2n) is 9.18. The van der Waals surface area contributed by atoms with E-state index in [0.29, 0.717) is 38.3 Å². The van der Waals surface area contributed by atoms with Crippen LogP contribution in [-0.2, 0) is 33.7 Å². The number of aromatic nitrogens is 2. The zero-order valence-electron chi connectivity index (χ0n) is 20.0. The molecule has 188 valence electrons. The van der Waals surface area contributed by atoms with Crippen LogP contribution in [0.1, 0.15) is 48.9 Å². The molecule has 0 bridgehead atoms. The number of thiophene rings is 1. The molecule has 3 heterocycles. The van der Waals surface area contributed by atoms with Crippen LogP contribution in [0.3, 0.4) is 0 Å². The number of aliphatic hydroxyl groups excluding tert-OH is 1. The minimum absolute atomic E-state index is 0.0342. The topological polar surface area (TPSA) is 108 Å². The number of aromatic amines is 1. The Hall–Kier alpha value is -1.85. The number of fused-ring (bicyclic) bond motifs is 3. The van der Waals surface area contributed by atoms with E-state index in [-0.39, 0.29) is 18.1 Å². The van der Waals surface area contributed by atoms with E-state index in [4.69, 9.17) is 14.5 Å². The van der Waals surface area contributed by atoms with Crippen molar-refractivity contribution in [2.75, 3.05) is 52.5 Å². The van der Waals surface area contributed by atoms with E-state index < -0.39 is 6.10 Å². The molecule has 2 aromatic heterocycles. The van der Waals surface area contributed by atoms with Crippen molar-refractivity contribution in [3.8, 4) is 0 Å². The Bertz CT molecular complexity index is 1020. The molecule has 1 aliphatic carbocycles. The summed E-state index contributed by atoms with van der Waals surface area (Å²) < 4.78 is 10.6. The zero-order valence-corrected chi connectivity index (χ0v) is 20.8. The molecular weight excluding hydrogens is 456 g/mol. The third-order valence-corrected chi connectivity index (χ3v) is 7.63. The minimum atomic E-state index is -0.810. The quantitative estimate of drug-likeness (QED) is 0.457. The normalized spacial score (nSPS) is 17.7. The fraction of sp³-hybridized carbons (Fsp3) is 0.708. The predicted octanol–water partition coefficient (Wildman–Crippen LogP) is 1.70. The third kappa shape index (κ3) is 6.63. The lowest BCUT2D eigenvalue weighted by Crippen LogP contribution is -2.43. The number of morpholine rings is 1. The first-order chi connectivity index (χ1) is 16.5. The van der Waals surface area contributed by atoms with Gasteiger partial charge in [-0.1, -0.05) is 6.92 Å². The fourth-order valence-corrected chi connectivity index (χ4v) is 5.93. The molecule has 0 saturated carbocycles.